The normalized spacial score (nSPS) is 11.7. The minimum Gasteiger partial charge on any atom is -0.392 e. The summed E-state index contributed by atoms with van der Waals surface area (Å²) in [4.78, 5) is 12.6. The van der Waals surface area contributed by atoms with Crippen molar-refractivity contribution in [1.29, 1.82) is 0 Å². The molecule has 1 amide bonds. The lowest BCUT2D eigenvalue weighted by molar-refractivity contribution is -0.116. The first-order chi connectivity index (χ1) is 9.99. The molecule has 2 aromatic rings. The summed E-state index contributed by atoms with van der Waals surface area (Å²) in [5.41, 5.74) is 7.18. The fourth-order valence-electron chi connectivity index (χ4n) is 1.89. The number of amides is 1. The monoisotopic (exact) mass is 426 g/mol. The summed E-state index contributed by atoms with van der Waals surface area (Å²) in [6.45, 7) is 0. The summed E-state index contributed by atoms with van der Waals surface area (Å²) in [7, 11) is 0. The lowest BCUT2D eigenvalue weighted by Gasteiger charge is -2.16. The van der Waals surface area contributed by atoms with Crippen LogP contribution >= 0.6 is 44.1 Å². The highest BCUT2D eigenvalue weighted by molar-refractivity contribution is 9.11. The number of halogens is 2. The Morgan fingerprint density at radius 2 is 1.81 bits per heavy atom. The zero-order chi connectivity index (χ0) is 15.4. The van der Waals surface area contributed by atoms with E-state index in [0.29, 0.717) is 5.69 Å². The molecule has 1 unspecified atom stereocenters. The van der Waals surface area contributed by atoms with Crippen molar-refractivity contribution in [2.24, 2.45) is 5.73 Å². The molecule has 0 aromatic heterocycles. The number of benzene rings is 2. The van der Waals surface area contributed by atoms with Crippen molar-refractivity contribution in [1.82, 2.24) is 0 Å². The number of hydrogen-bond donors (Lipinski definition) is 2. The van der Waals surface area contributed by atoms with Gasteiger partial charge in [0.2, 0.25) is 5.91 Å². The molecule has 0 aliphatic rings. The molecule has 0 bridgehead atoms. The van der Waals surface area contributed by atoms with Crippen molar-refractivity contribution in [3.8, 4) is 0 Å². The summed E-state index contributed by atoms with van der Waals surface area (Å²) < 4.78 is 1.70. The molecule has 108 valence electrons. The topological polar surface area (TPSA) is 55.1 Å². The maximum Gasteiger partial charge on any atom is 0.238 e. The first kappa shape index (κ1) is 16.1. The van der Waals surface area contributed by atoms with Crippen LogP contribution in [0.15, 0.2) is 57.5 Å². The highest BCUT2D eigenvalue weighted by Crippen LogP contribution is 2.27. The van der Waals surface area contributed by atoms with E-state index in [1.165, 1.54) is 0 Å². The maximum absolute atomic E-state index is 12.5. The molecule has 0 fully saturated rings. The standard InChI is InChI=1S/C15H12Br2N2OS/c16-10-6-7-12(11(17)8-10)19-15(20)13(14(18)21)9-4-2-1-3-5-9/h1-8,13H,(H2,18,21)(H,19,20). The average molecular weight is 428 g/mol. The van der Waals surface area contributed by atoms with Gasteiger partial charge in [0.1, 0.15) is 5.92 Å². The van der Waals surface area contributed by atoms with Gasteiger partial charge in [-0.1, -0.05) is 58.5 Å². The summed E-state index contributed by atoms with van der Waals surface area (Å²) in [6, 6.07) is 14.7. The summed E-state index contributed by atoms with van der Waals surface area (Å²) in [5, 5.41) is 2.84. The number of hydrogen-bond acceptors (Lipinski definition) is 2. The number of thiocarbonyl (C=S) groups is 1. The second-order valence-corrected chi connectivity index (χ2v) is 6.60. The van der Waals surface area contributed by atoms with Crippen LogP contribution in [-0.4, -0.2) is 10.9 Å². The van der Waals surface area contributed by atoms with Crippen LogP contribution in [0.4, 0.5) is 5.69 Å². The highest BCUT2D eigenvalue weighted by atomic mass is 79.9. The molecule has 0 aliphatic carbocycles. The van der Waals surface area contributed by atoms with Gasteiger partial charge >= 0.3 is 0 Å². The van der Waals surface area contributed by atoms with E-state index in [9.17, 15) is 4.79 Å². The van der Waals surface area contributed by atoms with E-state index in [0.717, 1.165) is 14.5 Å². The second-order valence-electron chi connectivity index (χ2n) is 4.36. The lowest BCUT2D eigenvalue weighted by atomic mass is 9.98. The van der Waals surface area contributed by atoms with Crippen LogP contribution in [-0.2, 0) is 4.79 Å². The summed E-state index contributed by atoms with van der Waals surface area (Å²) in [6.07, 6.45) is 0. The zero-order valence-corrected chi connectivity index (χ0v) is 14.8. The predicted octanol–water partition coefficient (Wildman–Crippen LogP) is 4.22. The highest BCUT2D eigenvalue weighted by Gasteiger charge is 2.23. The molecule has 21 heavy (non-hydrogen) atoms. The van der Waals surface area contributed by atoms with Crippen LogP contribution in [0.2, 0.25) is 0 Å². The van der Waals surface area contributed by atoms with Crippen molar-refractivity contribution in [2.45, 2.75) is 5.92 Å². The van der Waals surface area contributed by atoms with Crippen LogP contribution in [0, 0.1) is 0 Å². The SMILES string of the molecule is NC(=S)C(C(=O)Nc1ccc(Br)cc1Br)c1ccccc1. The van der Waals surface area contributed by atoms with Gasteiger partial charge in [0.05, 0.1) is 10.7 Å². The van der Waals surface area contributed by atoms with Crippen molar-refractivity contribution < 1.29 is 4.79 Å². The predicted molar refractivity (Wildman–Crippen MR) is 96.4 cm³/mol. The summed E-state index contributed by atoms with van der Waals surface area (Å²) >= 11 is 11.8. The fourth-order valence-corrected chi connectivity index (χ4v) is 3.28. The Bertz CT molecular complexity index is 677. The third-order valence-corrected chi connectivity index (χ3v) is 4.25. The van der Waals surface area contributed by atoms with E-state index in [1.54, 1.807) is 6.07 Å². The molecular weight excluding hydrogens is 416 g/mol. The molecule has 0 radical (unpaired) electrons. The number of anilines is 1. The average Bonchev–Trinajstić information content (AvgIpc) is 2.43. The molecule has 2 rings (SSSR count). The quantitative estimate of drug-likeness (QED) is 0.718. The van der Waals surface area contributed by atoms with Crippen LogP contribution in [0.1, 0.15) is 11.5 Å². The van der Waals surface area contributed by atoms with Gasteiger partial charge < -0.3 is 11.1 Å². The minimum atomic E-state index is -0.656. The third-order valence-electron chi connectivity index (χ3n) is 2.87. The van der Waals surface area contributed by atoms with Crippen LogP contribution in [0.5, 0.6) is 0 Å². The van der Waals surface area contributed by atoms with E-state index in [1.807, 2.05) is 42.5 Å². The Kier molecular flexibility index (Phi) is 5.50. The maximum atomic E-state index is 12.5. The van der Waals surface area contributed by atoms with Gasteiger partial charge in [-0.25, -0.2) is 0 Å². The Balaban J connectivity index is 2.26. The van der Waals surface area contributed by atoms with Gasteiger partial charge in [-0.2, -0.15) is 0 Å². The lowest BCUT2D eigenvalue weighted by Crippen LogP contribution is -2.31. The van der Waals surface area contributed by atoms with Crippen molar-refractivity contribution >= 4 is 60.7 Å². The van der Waals surface area contributed by atoms with E-state index < -0.39 is 5.92 Å². The fraction of sp³-hybridized carbons (Fsp3) is 0.0667. The first-order valence-corrected chi connectivity index (χ1v) is 8.08. The molecule has 0 saturated carbocycles. The van der Waals surface area contributed by atoms with Crippen LogP contribution in [0.3, 0.4) is 0 Å². The molecule has 1 atom stereocenters. The van der Waals surface area contributed by atoms with Crippen molar-refractivity contribution in [3.05, 3.63) is 63.0 Å². The minimum absolute atomic E-state index is 0.145. The van der Waals surface area contributed by atoms with Gasteiger partial charge in [-0.15, -0.1) is 0 Å². The molecule has 0 heterocycles. The molecule has 3 nitrogen and oxygen atoms in total. The van der Waals surface area contributed by atoms with Gasteiger partial charge in [0, 0.05) is 8.95 Å². The van der Waals surface area contributed by atoms with E-state index >= 15 is 0 Å². The van der Waals surface area contributed by atoms with E-state index in [-0.39, 0.29) is 10.9 Å². The van der Waals surface area contributed by atoms with Crippen molar-refractivity contribution in [3.63, 3.8) is 0 Å². The third kappa shape index (κ3) is 4.12. The number of carbonyl (C=O) groups is 1. The Hall–Kier alpha value is -1.24. The van der Waals surface area contributed by atoms with Gasteiger partial charge in [-0.3, -0.25) is 4.79 Å². The number of carbonyl (C=O) groups excluding carboxylic acids is 1. The molecule has 6 heteroatoms. The first-order valence-electron chi connectivity index (χ1n) is 6.09. The number of nitrogens with one attached hydrogen (secondary N) is 1. The van der Waals surface area contributed by atoms with Crippen LogP contribution in [0.25, 0.3) is 0 Å². The van der Waals surface area contributed by atoms with Gasteiger partial charge in [0.25, 0.3) is 0 Å². The molecular formula is C15H12Br2N2OS. The second kappa shape index (κ2) is 7.15. The van der Waals surface area contributed by atoms with Gasteiger partial charge in [-0.05, 0) is 39.7 Å². The largest absolute Gasteiger partial charge is 0.392 e. The van der Waals surface area contributed by atoms with Crippen LogP contribution < -0.4 is 11.1 Å². The zero-order valence-electron chi connectivity index (χ0n) is 10.8. The molecule has 0 saturated heterocycles. The smallest absolute Gasteiger partial charge is 0.238 e. The molecule has 0 aliphatic heterocycles. The van der Waals surface area contributed by atoms with Crippen molar-refractivity contribution in [2.75, 3.05) is 5.32 Å². The Labute approximate surface area is 145 Å². The van der Waals surface area contributed by atoms with Gasteiger partial charge in [0.15, 0.2) is 0 Å². The Morgan fingerprint density at radius 1 is 1.14 bits per heavy atom. The van der Waals surface area contributed by atoms with E-state index in [4.69, 9.17) is 18.0 Å². The molecule has 2 aromatic carbocycles. The number of nitrogens with two attached hydrogens (primary N) is 1. The molecule has 3 N–H and O–H groups in total. The number of rotatable bonds is 4. The Morgan fingerprint density at radius 3 is 2.38 bits per heavy atom. The molecule has 0 spiro atoms. The summed E-state index contributed by atoms with van der Waals surface area (Å²) in [5.74, 6) is -0.909. The van der Waals surface area contributed by atoms with E-state index in [2.05, 4.69) is 37.2 Å².